The fraction of sp³-hybridized carbons (Fsp3) is 0.500. The lowest BCUT2D eigenvalue weighted by Gasteiger charge is -2.14. The smallest absolute Gasteiger partial charge is 0.427 e. The molecule has 1 aromatic rings. The van der Waals surface area contributed by atoms with Gasteiger partial charge in [0.25, 0.3) is 0 Å². The first-order valence-corrected chi connectivity index (χ1v) is 9.45. The van der Waals surface area contributed by atoms with Crippen molar-refractivity contribution in [3.63, 3.8) is 0 Å². The second kappa shape index (κ2) is 12.7. The van der Waals surface area contributed by atoms with Crippen molar-refractivity contribution in [3.8, 4) is 17.2 Å². The number of hydrogen-bond donors (Lipinski definition) is 1. The number of hydrazone groups is 1. The topological polar surface area (TPSA) is 105 Å². The lowest BCUT2D eigenvalue weighted by molar-refractivity contribution is -0.142. The molecule has 0 saturated heterocycles. The van der Waals surface area contributed by atoms with E-state index in [1.165, 1.54) is 40.2 Å². The first-order valence-electron chi connectivity index (χ1n) is 8.46. The minimum atomic E-state index is -0.687. The van der Waals surface area contributed by atoms with E-state index in [4.69, 9.17) is 18.9 Å². The molecule has 0 bridgehead atoms. The van der Waals surface area contributed by atoms with Crippen molar-refractivity contribution in [1.82, 2.24) is 5.43 Å². The van der Waals surface area contributed by atoms with E-state index in [1.54, 1.807) is 19.1 Å². The maximum Gasteiger partial charge on any atom is 0.427 e. The van der Waals surface area contributed by atoms with E-state index in [0.717, 1.165) is 5.56 Å². The predicted molar refractivity (Wildman–Crippen MR) is 106 cm³/mol. The summed E-state index contributed by atoms with van der Waals surface area (Å²) in [6, 6.07) is 3.59. The van der Waals surface area contributed by atoms with Crippen LogP contribution in [0.5, 0.6) is 17.2 Å². The fourth-order valence-corrected chi connectivity index (χ4v) is 3.06. The third-order valence-electron chi connectivity index (χ3n) is 3.42. The minimum absolute atomic E-state index is 0.227. The Balaban J connectivity index is 2.98. The number of carbonyl (C=O) groups excluding carboxylic acids is 2. The van der Waals surface area contributed by atoms with Crippen LogP contribution in [0.2, 0.25) is 0 Å². The van der Waals surface area contributed by atoms with Crippen LogP contribution < -0.4 is 19.6 Å². The highest BCUT2D eigenvalue weighted by Gasteiger charge is 2.15. The van der Waals surface area contributed by atoms with Crippen LogP contribution in [-0.4, -0.2) is 57.9 Å². The maximum absolute atomic E-state index is 11.5. The number of thioether (sulfide) groups is 1. The monoisotopic (exact) mass is 414 g/mol. The summed E-state index contributed by atoms with van der Waals surface area (Å²) in [5.74, 6) is 1.66. The van der Waals surface area contributed by atoms with E-state index >= 15 is 0 Å². The molecule has 1 aromatic carbocycles. The molecule has 0 fully saturated rings. The molecule has 0 aromatic heterocycles. The number of nitrogens with zero attached hydrogens (tertiary/aromatic N) is 1. The molecule has 0 radical (unpaired) electrons. The molecule has 0 aliphatic rings. The van der Waals surface area contributed by atoms with Gasteiger partial charge < -0.3 is 23.7 Å². The number of nitrogens with one attached hydrogen (secondary N) is 1. The van der Waals surface area contributed by atoms with Crippen molar-refractivity contribution in [2.45, 2.75) is 19.8 Å². The number of rotatable bonds is 10. The van der Waals surface area contributed by atoms with Gasteiger partial charge in [0, 0.05) is 12.2 Å². The van der Waals surface area contributed by atoms with Crippen molar-refractivity contribution in [3.05, 3.63) is 17.7 Å². The van der Waals surface area contributed by atoms with Crippen molar-refractivity contribution < 1.29 is 33.3 Å². The number of carbonyl (C=O) groups is 2. The zero-order valence-corrected chi connectivity index (χ0v) is 17.5. The summed E-state index contributed by atoms with van der Waals surface area (Å²) in [6.45, 7) is 2.09. The van der Waals surface area contributed by atoms with Crippen LogP contribution in [0.4, 0.5) is 4.79 Å². The van der Waals surface area contributed by atoms with E-state index in [0.29, 0.717) is 41.1 Å². The number of benzene rings is 1. The Labute approximate surface area is 168 Å². The molecule has 0 aliphatic heterocycles. The van der Waals surface area contributed by atoms with Gasteiger partial charge in [0.15, 0.2) is 11.5 Å². The largest absolute Gasteiger partial charge is 0.493 e. The van der Waals surface area contributed by atoms with Gasteiger partial charge in [0.2, 0.25) is 5.75 Å². The van der Waals surface area contributed by atoms with Crippen LogP contribution in [0.1, 0.15) is 18.9 Å². The number of ether oxygens (including phenoxy) is 5. The van der Waals surface area contributed by atoms with Crippen molar-refractivity contribution in [2.75, 3.05) is 40.8 Å². The van der Waals surface area contributed by atoms with Crippen LogP contribution in [0.15, 0.2) is 17.2 Å². The quantitative estimate of drug-likeness (QED) is 0.270. The van der Waals surface area contributed by atoms with Gasteiger partial charge in [-0.25, -0.2) is 10.2 Å². The Morgan fingerprint density at radius 1 is 1.07 bits per heavy atom. The SMILES string of the molecule is CCOC(=O)CCS/C(Cc1cc(OC)c(OC)c(OC)c1)=N/NC(=O)OC. The number of amides is 1. The molecule has 0 saturated carbocycles. The summed E-state index contributed by atoms with van der Waals surface area (Å²) in [5.41, 5.74) is 3.12. The van der Waals surface area contributed by atoms with Crippen LogP contribution in [0.25, 0.3) is 0 Å². The molecular weight excluding hydrogens is 388 g/mol. The van der Waals surface area contributed by atoms with Crippen LogP contribution in [0.3, 0.4) is 0 Å². The van der Waals surface area contributed by atoms with Gasteiger partial charge in [-0.2, -0.15) is 5.10 Å². The number of methoxy groups -OCH3 is 4. The minimum Gasteiger partial charge on any atom is -0.493 e. The Hall–Kier alpha value is -2.62. The molecule has 156 valence electrons. The molecule has 28 heavy (non-hydrogen) atoms. The molecule has 0 unspecified atom stereocenters. The van der Waals surface area contributed by atoms with E-state index in [-0.39, 0.29) is 12.4 Å². The Kier molecular flexibility index (Phi) is 10.6. The Bertz CT molecular complexity index is 670. The number of esters is 1. The van der Waals surface area contributed by atoms with Gasteiger partial charge in [-0.1, -0.05) is 0 Å². The first-order chi connectivity index (χ1) is 13.5. The third kappa shape index (κ3) is 7.55. The molecule has 1 amide bonds. The normalized spacial score (nSPS) is 10.8. The highest BCUT2D eigenvalue weighted by Crippen LogP contribution is 2.38. The van der Waals surface area contributed by atoms with Crippen LogP contribution in [-0.2, 0) is 20.7 Å². The van der Waals surface area contributed by atoms with E-state index in [1.807, 2.05) is 0 Å². The van der Waals surface area contributed by atoms with Gasteiger partial charge in [-0.3, -0.25) is 4.79 Å². The molecular formula is C18H26N2O7S. The van der Waals surface area contributed by atoms with Gasteiger partial charge in [-0.15, -0.1) is 11.8 Å². The summed E-state index contributed by atoms with van der Waals surface area (Å²) < 4.78 is 25.5. The van der Waals surface area contributed by atoms with E-state index in [9.17, 15) is 9.59 Å². The summed E-state index contributed by atoms with van der Waals surface area (Å²) >= 11 is 1.33. The van der Waals surface area contributed by atoms with Crippen LogP contribution in [0, 0.1) is 0 Å². The molecule has 10 heteroatoms. The maximum atomic E-state index is 11.5. The lowest BCUT2D eigenvalue weighted by Crippen LogP contribution is -2.19. The average molecular weight is 414 g/mol. The Morgan fingerprint density at radius 3 is 2.21 bits per heavy atom. The molecule has 9 nitrogen and oxygen atoms in total. The zero-order chi connectivity index (χ0) is 20.9. The zero-order valence-electron chi connectivity index (χ0n) is 16.7. The Morgan fingerprint density at radius 2 is 1.71 bits per heavy atom. The molecule has 0 heterocycles. The first kappa shape index (κ1) is 23.4. The fourth-order valence-electron chi connectivity index (χ4n) is 2.17. The van der Waals surface area contributed by atoms with Gasteiger partial charge >= 0.3 is 12.1 Å². The highest BCUT2D eigenvalue weighted by atomic mass is 32.2. The van der Waals surface area contributed by atoms with E-state index < -0.39 is 6.09 Å². The predicted octanol–water partition coefficient (Wildman–Crippen LogP) is 2.61. The number of hydrogen-bond acceptors (Lipinski definition) is 9. The van der Waals surface area contributed by atoms with Gasteiger partial charge in [-0.05, 0) is 24.6 Å². The summed E-state index contributed by atoms with van der Waals surface area (Å²) in [7, 11) is 5.84. The summed E-state index contributed by atoms with van der Waals surface area (Å²) in [6.07, 6.45) is -0.0902. The average Bonchev–Trinajstić information content (AvgIpc) is 2.70. The molecule has 1 rings (SSSR count). The third-order valence-corrected chi connectivity index (χ3v) is 4.39. The molecule has 1 N–H and O–H groups in total. The molecule has 0 aliphatic carbocycles. The molecule has 0 atom stereocenters. The second-order valence-electron chi connectivity index (χ2n) is 5.22. The second-order valence-corrected chi connectivity index (χ2v) is 6.39. The van der Waals surface area contributed by atoms with Gasteiger partial charge in [0.05, 0.1) is 46.5 Å². The van der Waals surface area contributed by atoms with Gasteiger partial charge in [0.1, 0.15) is 0 Å². The van der Waals surface area contributed by atoms with E-state index in [2.05, 4.69) is 15.3 Å². The summed E-state index contributed by atoms with van der Waals surface area (Å²) in [4.78, 5) is 22.9. The summed E-state index contributed by atoms with van der Waals surface area (Å²) in [5, 5.41) is 4.65. The molecule has 0 spiro atoms. The van der Waals surface area contributed by atoms with Crippen molar-refractivity contribution in [1.29, 1.82) is 0 Å². The lowest BCUT2D eigenvalue weighted by atomic mass is 10.1. The van der Waals surface area contributed by atoms with Crippen molar-refractivity contribution >= 4 is 28.9 Å². The van der Waals surface area contributed by atoms with Crippen molar-refractivity contribution in [2.24, 2.45) is 5.10 Å². The highest BCUT2D eigenvalue weighted by molar-refractivity contribution is 8.13. The standard InChI is InChI=1S/C18H26N2O7S/c1-6-27-16(21)7-8-28-15(19-20-18(22)26-5)11-12-9-13(23-2)17(25-4)14(10-12)24-3/h9-10H,6-8,11H2,1-5H3,(H,20,22)/b19-15+. The van der Waals surface area contributed by atoms with Crippen LogP contribution >= 0.6 is 11.8 Å².